The smallest absolute Gasteiger partial charge is 0.303 e. The molecule has 22 heavy (non-hydrogen) atoms. The molecule has 0 unspecified atom stereocenters. The van der Waals surface area contributed by atoms with Crippen LogP contribution >= 0.6 is 23.4 Å². The summed E-state index contributed by atoms with van der Waals surface area (Å²) in [5.74, 6) is -2.52. The molecule has 0 saturated carbocycles. The van der Waals surface area contributed by atoms with E-state index in [0.29, 0.717) is 10.7 Å². The Morgan fingerprint density at radius 2 is 2.09 bits per heavy atom. The molecule has 2 aromatic rings. The second-order valence-corrected chi connectivity index (χ2v) is 5.48. The number of carboxylic acid groups (broad SMARTS) is 1. The minimum absolute atomic E-state index is 0.0506. The number of benzene rings is 1. The van der Waals surface area contributed by atoms with Crippen LogP contribution < -0.4 is 0 Å². The van der Waals surface area contributed by atoms with Gasteiger partial charge in [0, 0.05) is 23.6 Å². The van der Waals surface area contributed by atoms with Gasteiger partial charge in [-0.15, -0.1) is 0 Å². The standard InChI is InChI=1S/C14H11ClF2N2O2S/c1-22-14-18-12(8-3-2-7(16)6-10(8)17)9(13(15)19-14)4-5-11(20)21/h2-3,6H,4-5H2,1H3,(H,20,21). The highest BCUT2D eigenvalue weighted by atomic mass is 35.5. The molecule has 0 atom stereocenters. The van der Waals surface area contributed by atoms with Crippen LogP contribution in [0.25, 0.3) is 11.3 Å². The number of aromatic nitrogens is 2. The summed E-state index contributed by atoms with van der Waals surface area (Å²) < 4.78 is 27.1. The molecule has 116 valence electrons. The first kappa shape index (κ1) is 16.6. The fraction of sp³-hybridized carbons (Fsp3) is 0.214. The van der Waals surface area contributed by atoms with Crippen molar-refractivity contribution in [3.05, 3.63) is 40.6 Å². The summed E-state index contributed by atoms with van der Waals surface area (Å²) in [5, 5.41) is 9.20. The molecule has 2 rings (SSSR count). The first-order chi connectivity index (χ1) is 10.4. The van der Waals surface area contributed by atoms with E-state index >= 15 is 0 Å². The zero-order valence-electron chi connectivity index (χ0n) is 11.4. The van der Waals surface area contributed by atoms with Gasteiger partial charge in [0.05, 0.1) is 5.69 Å². The molecule has 1 aromatic carbocycles. The third-order valence-corrected chi connectivity index (χ3v) is 3.75. The lowest BCUT2D eigenvalue weighted by molar-refractivity contribution is -0.136. The van der Waals surface area contributed by atoms with E-state index in [-0.39, 0.29) is 29.3 Å². The largest absolute Gasteiger partial charge is 0.481 e. The molecule has 0 aliphatic carbocycles. The maximum absolute atomic E-state index is 14.0. The lowest BCUT2D eigenvalue weighted by Gasteiger charge is -2.12. The summed E-state index contributed by atoms with van der Waals surface area (Å²) in [6, 6.07) is 3.09. The molecular weight excluding hydrogens is 334 g/mol. The summed E-state index contributed by atoms with van der Waals surface area (Å²) in [5.41, 5.74) is 0.567. The maximum Gasteiger partial charge on any atom is 0.303 e. The van der Waals surface area contributed by atoms with Crippen molar-refractivity contribution >= 4 is 29.3 Å². The van der Waals surface area contributed by atoms with Gasteiger partial charge < -0.3 is 5.11 Å². The molecule has 0 aliphatic rings. The van der Waals surface area contributed by atoms with Crippen LogP contribution in [-0.2, 0) is 11.2 Å². The Labute approximate surface area is 134 Å². The van der Waals surface area contributed by atoms with E-state index in [0.717, 1.165) is 12.1 Å². The Hall–Kier alpha value is -1.73. The molecule has 0 fully saturated rings. The lowest BCUT2D eigenvalue weighted by Crippen LogP contribution is -2.04. The summed E-state index contributed by atoms with van der Waals surface area (Å²) in [6.45, 7) is 0. The van der Waals surface area contributed by atoms with Gasteiger partial charge in [0.2, 0.25) is 0 Å². The molecule has 0 saturated heterocycles. The van der Waals surface area contributed by atoms with Crippen LogP contribution in [0.1, 0.15) is 12.0 Å². The van der Waals surface area contributed by atoms with Gasteiger partial charge in [-0.3, -0.25) is 4.79 Å². The van der Waals surface area contributed by atoms with Gasteiger partial charge >= 0.3 is 5.97 Å². The Balaban J connectivity index is 2.59. The van der Waals surface area contributed by atoms with E-state index in [1.807, 2.05) is 0 Å². The molecule has 1 N–H and O–H groups in total. The van der Waals surface area contributed by atoms with Crippen LogP contribution in [0.5, 0.6) is 0 Å². The van der Waals surface area contributed by atoms with Crippen LogP contribution in [0.3, 0.4) is 0 Å². The first-order valence-corrected chi connectivity index (χ1v) is 7.80. The quantitative estimate of drug-likeness (QED) is 0.507. The fourth-order valence-corrected chi connectivity index (χ4v) is 2.57. The number of rotatable bonds is 5. The highest BCUT2D eigenvalue weighted by Gasteiger charge is 2.18. The number of aliphatic carboxylic acids is 1. The van der Waals surface area contributed by atoms with Gasteiger partial charge in [0.1, 0.15) is 16.8 Å². The van der Waals surface area contributed by atoms with E-state index in [9.17, 15) is 13.6 Å². The van der Waals surface area contributed by atoms with Crippen LogP contribution in [0, 0.1) is 11.6 Å². The van der Waals surface area contributed by atoms with Crippen molar-refractivity contribution in [1.29, 1.82) is 0 Å². The molecule has 1 aromatic heterocycles. The minimum Gasteiger partial charge on any atom is -0.481 e. The van der Waals surface area contributed by atoms with Crippen molar-refractivity contribution < 1.29 is 18.7 Å². The third kappa shape index (κ3) is 3.72. The molecular formula is C14H11ClF2N2O2S. The molecule has 0 amide bonds. The number of carboxylic acids is 1. The fourth-order valence-electron chi connectivity index (χ4n) is 1.89. The van der Waals surface area contributed by atoms with E-state index in [1.165, 1.54) is 17.8 Å². The first-order valence-electron chi connectivity index (χ1n) is 6.20. The van der Waals surface area contributed by atoms with Crippen molar-refractivity contribution in [1.82, 2.24) is 9.97 Å². The maximum atomic E-state index is 14.0. The van der Waals surface area contributed by atoms with E-state index < -0.39 is 17.6 Å². The third-order valence-electron chi connectivity index (χ3n) is 2.89. The number of hydrogen-bond acceptors (Lipinski definition) is 4. The van der Waals surface area contributed by atoms with Crippen LogP contribution in [0.2, 0.25) is 5.15 Å². The summed E-state index contributed by atoms with van der Waals surface area (Å²) >= 11 is 7.29. The zero-order valence-corrected chi connectivity index (χ0v) is 13.0. The van der Waals surface area contributed by atoms with Gasteiger partial charge in [-0.05, 0) is 24.8 Å². The molecule has 8 heteroatoms. The highest BCUT2D eigenvalue weighted by molar-refractivity contribution is 7.98. The molecule has 4 nitrogen and oxygen atoms in total. The Morgan fingerprint density at radius 1 is 1.36 bits per heavy atom. The summed E-state index contributed by atoms with van der Waals surface area (Å²) in [4.78, 5) is 19.0. The van der Waals surface area contributed by atoms with Crippen LogP contribution in [0.4, 0.5) is 8.78 Å². The molecule has 0 spiro atoms. The second kappa shape index (κ2) is 7.02. The van der Waals surface area contributed by atoms with Crippen molar-refractivity contribution in [2.45, 2.75) is 18.0 Å². The zero-order chi connectivity index (χ0) is 16.3. The molecule has 0 aliphatic heterocycles. The van der Waals surface area contributed by atoms with Gasteiger partial charge in [0.15, 0.2) is 5.16 Å². The van der Waals surface area contributed by atoms with E-state index in [2.05, 4.69) is 9.97 Å². The van der Waals surface area contributed by atoms with Crippen LogP contribution in [0.15, 0.2) is 23.4 Å². The topological polar surface area (TPSA) is 63.1 Å². The Kier molecular flexibility index (Phi) is 5.31. The molecule has 0 radical (unpaired) electrons. The highest BCUT2D eigenvalue weighted by Crippen LogP contribution is 2.31. The monoisotopic (exact) mass is 344 g/mol. The lowest BCUT2D eigenvalue weighted by atomic mass is 10.0. The number of nitrogens with zero attached hydrogens (tertiary/aromatic N) is 2. The average Bonchev–Trinajstić information content (AvgIpc) is 2.45. The summed E-state index contributed by atoms with van der Waals surface area (Å²) in [6.07, 6.45) is 1.58. The van der Waals surface area contributed by atoms with Gasteiger partial charge in [0.25, 0.3) is 0 Å². The van der Waals surface area contributed by atoms with Crippen molar-refractivity contribution in [2.75, 3.05) is 6.26 Å². The second-order valence-electron chi connectivity index (χ2n) is 4.35. The number of thioether (sulfide) groups is 1. The number of halogens is 3. The average molecular weight is 345 g/mol. The van der Waals surface area contributed by atoms with Crippen molar-refractivity contribution in [3.8, 4) is 11.3 Å². The van der Waals surface area contributed by atoms with Crippen molar-refractivity contribution in [3.63, 3.8) is 0 Å². The number of carbonyl (C=O) groups is 1. The normalized spacial score (nSPS) is 10.7. The predicted molar refractivity (Wildman–Crippen MR) is 80.1 cm³/mol. The predicted octanol–water partition coefficient (Wildman–Crippen LogP) is 3.81. The number of hydrogen-bond donors (Lipinski definition) is 1. The van der Waals surface area contributed by atoms with Gasteiger partial charge in [-0.2, -0.15) is 0 Å². The SMILES string of the molecule is CSc1nc(Cl)c(CCC(=O)O)c(-c2ccc(F)cc2F)n1. The Morgan fingerprint density at radius 3 is 2.68 bits per heavy atom. The van der Waals surface area contributed by atoms with E-state index in [1.54, 1.807) is 6.26 Å². The Bertz CT molecular complexity index is 728. The molecule has 1 heterocycles. The van der Waals surface area contributed by atoms with Gasteiger partial charge in [-0.25, -0.2) is 18.7 Å². The van der Waals surface area contributed by atoms with E-state index in [4.69, 9.17) is 16.7 Å². The molecule has 0 bridgehead atoms. The summed E-state index contributed by atoms with van der Waals surface area (Å²) in [7, 11) is 0. The van der Waals surface area contributed by atoms with Gasteiger partial charge in [-0.1, -0.05) is 23.4 Å². The van der Waals surface area contributed by atoms with Crippen molar-refractivity contribution in [2.24, 2.45) is 0 Å². The van der Waals surface area contributed by atoms with Crippen LogP contribution in [-0.4, -0.2) is 27.3 Å². The minimum atomic E-state index is -1.02.